The lowest BCUT2D eigenvalue weighted by Crippen LogP contribution is -2.35. The molecule has 0 unspecified atom stereocenters. The third kappa shape index (κ3) is 2.64. The minimum Gasteiger partial charge on any atom is -0.339 e. The summed E-state index contributed by atoms with van der Waals surface area (Å²) < 4.78 is 14.1. The number of nitro benzene ring substituents is 1. The Morgan fingerprint density at radius 2 is 2.00 bits per heavy atom. The molecule has 1 saturated carbocycles. The van der Waals surface area contributed by atoms with Crippen LogP contribution in [-0.2, 0) is 0 Å². The van der Waals surface area contributed by atoms with Gasteiger partial charge in [-0.25, -0.2) is 4.39 Å². The maximum absolute atomic E-state index is 14.1. The number of non-ortho nitro benzene ring substituents is 1. The standard InChI is InChI=1S/C14H17FN2O3/c1-9-7-11(17(19)20)8-12(13(9)15)14(18)16(2)10-5-3-4-6-10/h7-8,10H,3-6H2,1-2H3. The van der Waals surface area contributed by atoms with E-state index in [1.165, 1.54) is 11.8 Å². The van der Waals surface area contributed by atoms with Gasteiger partial charge in [-0.2, -0.15) is 0 Å². The van der Waals surface area contributed by atoms with E-state index in [-0.39, 0.29) is 22.9 Å². The number of benzene rings is 1. The first-order valence-electron chi connectivity index (χ1n) is 6.63. The summed E-state index contributed by atoms with van der Waals surface area (Å²) in [5.74, 6) is -1.16. The summed E-state index contributed by atoms with van der Waals surface area (Å²) in [5.41, 5.74) is -0.361. The van der Waals surface area contributed by atoms with E-state index in [0.29, 0.717) is 0 Å². The Bertz CT molecular complexity index is 554. The Morgan fingerprint density at radius 1 is 1.40 bits per heavy atom. The van der Waals surface area contributed by atoms with Crippen molar-refractivity contribution >= 4 is 11.6 Å². The zero-order valence-electron chi connectivity index (χ0n) is 11.6. The monoisotopic (exact) mass is 280 g/mol. The van der Waals surface area contributed by atoms with Crippen molar-refractivity contribution in [2.45, 2.75) is 38.6 Å². The molecule has 20 heavy (non-hydrogen) atoms. The van der Waals surface area contributed by atoms with Gasteiger partial charge in [0.15, 0.2) is 0 Å². The second kappa shape index (κ2) is 5.56. The molecule has 1 aromatic carbocycles. The molecule has 2 rings (SSSR count). The fourth-order valence-corrected chi connectivity index (χ4v) is 2.66. The molecule has 0 N–H and O–H groups in total. The van der Waals surface area contributed by atoms with Crippen molar-refractivity contribution in [1.29, 1.82) is 0 Å². The Morgan fingerprint density at radius 3 is 2.55 bits per heavy atom. The van der Waals surface area contributed by atoms with Crippen LogP contribution in [-0.4, -0.2) is 28.8 Å². The summed E-state index contributed by atoms with van der Waals surface area (Å²) in [5, 5.41) is 10.8. The molecule has 0 aromatic heterocycles. The molecule has 0 heterocycles. The Hall–Kier alpha value is -1.98. The number of carbonyl (C=O) groups excluding carboxylic acids is 1. The molecule has 108 valence electrons. The molecule has 1 aliphatic rings. The van der Waals surface area contributed by atoms with E-state index in [9.17, 15) is 19.3 Å². The topological polar surface area (TPSA) is 63.5 Å². The van der Waals surface area contributed by atoms with E-state index in [1.54, 1.807) is 7.05 Å². The van der Waals surface area contributed by atoms with E-state index in [0.717, 1.165) is 37.8 Å². The van der Waals surface area contributed by atoms with Gasteiger partial charge >= 0.3 is 0 Å². The van der Waals surface area contributed by atoms with Crippen molar-refractivity contribution in [2.24, 2.45) is 0 Å². The van der Waals surface area contributed by atoms with Gasteiger partial charge in [-0.1, -0.05) is 12.8 Å². The number of nitrogens with zero attached hydrogens (tertiary/aromatic N) is 2. The molecular weight excluding hydrogens is 263 g/mol. The average molecular weight is 280 g/mol. The molecule has 0 bridgehead atoms. The fraction of sp³-hybridized carbons (Fsp3) is 0.500. The van der Waals surface area contributed by atoms with Gasteiger partial charge in [-0.3, -0.25) is 14.9 Å². The van der Waals surface area contributed by atoms with E-state index in [1.807, 2.05) is 0 Å². The number of halogens is 1. The van der Waals surface area contributed by atoms with Gasteiger partial charge in [0.05, 0.1) is 10.5 Å². The maximum atomic E-state index is 14.1. The number of hydrogen-bond acceptors (Lipinski definition) is 3. The van der Waals surface area contributed by atoms with Gasteiger partial charge < -0.3 is 4.90 Å². The molecule has 0 aliphatic heterocycles. The van der Waals surface area contributed by atoms with Crippen LogP contribution in [0.3, 0.4) is 0 Å². The normalized spacial score (nSPS) is 15.3. The number of hydrogen-bond donors (Lipinski definition) is 0. The van der Waals surface area contributed by atoms with Gasteiger partial charge in [0.2, 0.25) is 0 Å². The SMILES string of the molecule is Cc1cc([N+](=O)[O-])cc(C(=O)N(C)C2CCCC2)c1F. The lowest BCUT2D eigenvalue weighted by atomic mass is 10.1. The van der Waals surface area contributed by atoms with Crippen LogP contribution in [0.2, 0.25) is 0 Å². The van der Waals surface area contributed by atoms with Crippen LogP contribution < -0.4 is 0 Å². The highest BCUT2D eigenvalue weighted by Crippen LogP contribution is 2.26. The van der Waals surface area contributed by atoms with Crippen molar-refractivity contribution in [3.8, 4) is 0 Å². The highest BCUT2D eigenvalue weighted by atomic mass is 19.1. The first-order valence-corrected chi connectivity index (χ1v) is 6.63. The highest BCUT2D eigenvalue weighted by molar-refractivity contribution is 5.95. The lowest BCUT2D eigenvalue weighted by Gasteiger charge is -2.24. The van der Waals surface area contributed by atoms with Crippen molar-refractivity contribution < 1.29 is 14.1 Å². The van der Waals surface area contributed by atoms with E-state index in [2.05, 4.69) is 0 Å². The van der Waals surface area contributed by atoms with Crippen molar-refractivity contribution in [2.75, 3.05) is 7.05 Å². The van der Waals surface area contributed by atoms with Gasteiger partial charge in [0.1, 0.15) is 5.82 Å². The smallest absolute Gasteiger partial charge is 0.270 e. The average Bonchev–Trinajstić information content (AvgIpc) is 2.93. The molecule has 0 spiro atoms. The Labute approximate surface area is 116 Å². The lowest BCUT2D eigenvalue weighted by molar-refractivity contribution is -0.385. The van der Waals surface area contributed by atoms with Crippen LogP contribution in [0.4, 0.5) is 10.1 Å². The molecule has 1 aliphatic carbocycles. The number of aryl methyl sites for hydroxylation is 1. The maximum Gasteiger partial charge on any atom is 0.270 e. The minimum atomic E-state index is -0.676. The number of rotatable bonds is 3. The van der Waals surface area contributed by atoms with Crippen LogP contribution in [0.1, 0.15) is 41.6 Å². The summed E-state index contributed by atoms with van der Waals surface area (Å²) in [7, 11) is 1.63. The first kappa shape index (κ1) is 14.4. The van der Waals surface area contributed by atoms with E-state index in [4.69, 9.17) is 0 Å². The van der Waals surface area contributed by atoms with Gasteiger partial charge in [-0.15, -0.1) is 0 Å². The zero-order chi connectivity index (χ0) is 14.9. The first-order chi connectivity index (χ1) is 9.41. The third-order valence-corrected chi connectivity index (χ3v) is 3.87. The molecule has 1 amide bonds. The van der Waals surface area contributed by atoms with Crippen molar-refractivity contribution in [1.82, 2.24) is 4.90 Å². The summed E-state index contributed by atoms with van der Waals surface area (Å²) in [6.07, 6.45) is 3.91. The fourth-order valence-electron chi connectivity index (χ4n) is 2.66. The number of carbonyl (C=O) groups is 1. The van der Waals surface area contributed by atoms with Crippen molar-refractivity contribution in [3.05, 3.63) is 39.2 Å². The van der Waals surface area contributed by atoms with Crippen LogP contribution in [0.25, 0.3) is 0 Å². The molecule has 5 nitrogen and oxygen atoms in total. The molecule has 0 saturated heterocycles. The van der Waals surface area contributed by atoms with Gasteiger partial charge in [0.25, 0.3) is 11.6 Å². The molecule has 1 aromatic rings. The van der Waals surface area contributed by atoms with Crippen LogP contribution in [0.5, 0.6) is 0 Å². The zero-order valence-corrected chi connectivity index (χ0v) is 11.6. The number of nitro groups is 1. The van der Waals surface area contributed by atoms with E-state index >= 15 is 0 Å². The summed E-state index contributed by atoms with van der Waals surface area (Å²) >= 11 is 0. The Kier molecular flexibility index (Phi) is 4.01. The van der Waals surface area contributed by atoms with Gasteiger partial charge in [-0.05, 0) is 25.3 Å². The summed E-state index contributed by atoms with van der Waals surface area (Å²) in [4.78, 5) is 24.1. The predicted octanol–water partition coefficient (Wildman–Crippen LogP) is 3.06. The predicted molar refractivity (Wildman–Crippen MR) is 72.1 cm³/mol. The quantitative estimate of drug-likeness (QED) is 0.631. The second-order valence-electron chi connectivity index (χ2n) is 5.24. The number of amides is 1. The van der Waals surface area contributed by atoms with E-state index < -0.39 is 16.6 Å². The summed E-state index contributed by atoms with van der Waals surface area (Å²) in [6.45, 7) is 1.43. The van der Waals surface area contributed by atoms with Crippen LogP contribution >= 0.6 is 0 Å². The molecule has 0 atom stereocenters. The van der Waals surface area contributed by atoms with Gasteiger partial charge in [0, 0.05) is 25.2 Å². The molecule has 0 radical (unpaired) electrons. The van der Waals surface area contributed by atoms with Crippen molar-refractivity contribution in [3.63, 3.8) is 0 Å². The second-order valence-corrected chi connectivity index (χ2v) is 5.24. The van der Waals surface area contributed by atoms with Crippen LogP contribution in [0.15, 0.2) is 12.1 Å². The van der Waals surface area contributed by atoms with Crippen LogP contribution in [0, 0.1) is 22.9 Å². The molecular formula is C14H17FN2O3. The highest BCUT2D eigenvalue weighted by Gasteiger charge is 2.27. The molecule has 6 heteroatoms. The molecule has 1 fully saturated rings. The third-order valence-electron chi connectivity index (χ3n) is 3.87. The largest absolute Gasteiger partial charge is 0.339 e. The summed E-state index contributed by atoms with van der Waals surface area (Å²) in [6, 6.07) is 2.26. The Balaban J connectivity index is 2.35. The minimum absolute atomic E-state index is 0.0986.